The molecule has 0 bridgehead atoms. The maximum Gasteiger partial charge on any atom is 0.125 e. The Balaban J connectivity index is 2.34. The number of hydrogen-bond donors (Lipinski definition) is 1. The Morgan fingerprint density at radius 2 is 2.06 bits per heavy atom. The van der Waals surface area contributed by atoms with E-state index in [1.54, 1.807) is 0 Å². The molecule has 1 N–H and O–H groups in total. The summed E-state index contributed by atoms with van der Waals surface area (Å²) in [6.07, 6.45) is 3.00. The lowest BCUT2D eigenvalue weighted by atomic mass is 9.69. The van der Waals surface area contributed by atoms with Gasteiger partial charge < -0.3 is 9.84 Å². The molecule has 3 atom stereocenters. The van der Waals surface area contributed by atoms with Crippen molar-refractivity contribution in [1.82, 2.24) is 0 Å². The summed E-state index contributed by atoms with van der Waals surface area (Å²) in [5.74, 6) is 1.83. The molecule has 0 aromatic heterocycles. The van der Waals surface area contributed by atoms with Crippen LogP contribution in [0.2, 0.25) is 0 Å². The Morgan fingerprint density at radius 1 is 1.33 bits per heavy atom. The Hall–Kier alpha value is -1.02. The first-order valence-electron chi connectivity index (χ1n) is 7.02. The van der Waals surface area contributed by atoms with Crippen LogP contribution in [0.25, 0.3) is 0 Å². The van der Waals surface area contributed by atoms with Gasteiger partial charge in [0.2, 0.25) is 0 Å². The zero-order valence-corrected chi connectivity index (χ0v) is 11.6. The third kappa shape index (κ3) is 2.39. The molecule has 2 nitrogen and oxygen atoms in total. The maximum absolute atomic E-state index is 11.1. The minimum atomic E-state index is -0.724. The fourth-order valence-electron chi connectivity index (χ4n) is 3.14. The van der Waals surface area contributed by atoms with Crippen molar-refractivity contribution in [2.24, 2.45) is 11.8 Å². The van der Waals surface area contributed by atoms with Crippen molar-refractivity contribution in [3.05, 3.63) is 29.8 Å². The molecular weight excluding hydrogens is 224 g/mol. The van der Waals surface area contributed by atoms with E-state index in [1.807, 2.05) is 31.2 Å². The van der Waals surface area contributed by atoms with Crippen molar-refractivity contribution in [2.75, 3.05) is 6.61 Å². The molecule has 100 valence electrons. The number of hydrogen-bond acceptors (Lipinski definition) is 2. The van der Waals surface area contributed by atoms with Gasteiger partial charge in [0.05, 0.1) is 12.2 Å². The number of benzene rings is 1. The molecule has 0 aliphatic heterocycles. The van der Waals surface area contributed by atoms with Gasteiger partial charge in [0, 0.05) is 5.56 Å². The van der Waals surface area contributed by atoms with Gasteiger partial charge in [0.1, 0.15) is 5.75 Å². The van der Waals surface area contributed by atoms with Gasteiger partial charge in [0.15, 0.2) is 0 Å². The molecule has 0 amide bonds. The van der Waals surface area contributed by atoms with Gasteiger partial charge in [-0.2, -0.15) is 0 Å². The van der Waals surface area contributed by atoms with Crippen molar-refractivity contribution >= 4 is 0 Å². The highest BCUT2D eigenvalue weighted by atomic mass is 16.5. The minimum Gasteiger partial charge on any atom is -0.493 e. The van der Waals surface area contributed by atoms with Crippen LogP contribution in [0.1, 0.15) is 45.6 Å². The van der Waals surface area contributed by atoms with Crippen molar-refractivity contribution in [1.29, 1.82) is 0 Å². The van der Waals surface area contributed by atoms with Gasteiger partial charge in [-0.25, -0.2) is 0 Å². The van der Waals surface area contributed by atoms with Gasteiger partial charge in [0.25, 0.3) is 0 Å². The quantitative estimate of drug-likeness (QED) is 0.883. The van der Waals surface area contributed by atoms with Gasteiger partial charge in [-0.15, -0.1) is 0 Å². The average molecular weight is 248 g/mol. The molecule has 3 unspecified atom stereocenters. The molecule has 1 saturated carbocycles. The maximum atomic E-state index is 11.1. The molecule has 18 heavy (non-hydrogen) atoms. The normalized spacial score (nSPS) is 32.2. The van der Waals surface area contributed by atoms with E-state index in [4.69, 9.17) is 4.74 Å². The fourth-order valence-corrected chi connectivity index (χ4v) is 3.14. The van der Waals surface area contributed by atoms with Crippen LogP contribution in [0.15, 0.2) is 24.3 Å². The summed E-state index contributed by atoms with van der Waals surface area (Å²) in [6, 6.07) is 7.92. The molecule has 0 saturated heterocycles. The predicted octanol–water partition coefficient (Wildman–Crippen LogP) is 3.73. The van der Waals surface area contributed by atoms with E-state index < -0.39 is 5.60 Å². The van der Waals surface area contributed by atoms with Crippen molar-refractivity contribution in [2.45, 2.75) is 45.6 Å². The molecule has 1 aromatic carbocycles. The van der Waals surface area contributed by atoms with Crippen LogP contribution in [-0.4, -0.2) is 11.7 Å². The minimum absolute atomic E-state index is 0.280. The molecule has 2 rings (SSSR count). The third-order valence-electron chi connectivity index (χ3n) is 4.24. The van der Waals surface area contributed by atoms with E-state index in [-0.39, 0.29) is 5.92 Å². The van der Waals surface area contributed by atoms with Crippen LogP contribution in [0.3, 0.4) is 0 Å². The highest BCUT2D eigenvalue weighted by Gasteiger charge is 2.41. The Labute approximate surface area is 110 Å². The first kappa shape index (κ1) is 13.4. The second kappa shape index (κ2) is 5.31. The Morgan fingerprint density at radius 3 is 2.72 bits per heavy atom. The van der Waals surface area contributed by atoms with Crippen LogP contribution in [0.5, 0.6) is 5.75 Å². The summed E-state index contributed by atoms with van der Waals surface area (Å²) < 4.78 is 5.67. The van der Waals surface area contributed by atoms with E-state index in [1.165, 1.54) is 0 Å². The van der Waals surface area contributed by atoms with Gasteiger partial charge >= 0.3 is 0 Å². The first-order valence-corrected chi connectivity index (χ1v) is 7.02. The third-order valence-corrected chi connectivity index (χ3v) is 4.24. The summed E-state index contributed by atoms with van der Waals surface area (Å²) in [6.45, 7) is 7.04. The molecular formula is C16H24O2. The van der Waals surface area contributed by atoms with Gasteiger partial charge in [-0.1, -0.05) is 32.0 Å². The summed E-state index contributed by atoms with van der Waals surface area (Å²) >= 11 is 0. The van der Waals surface area contributed by atoms with Crippen molar-refractivity contribution < 1.29 is 9.84 Å². The monoisotopic (exact) mass is 248 g/mol. The van der Waals surface area contributed by atoms with E-state index in [2.05, 4.69) is 13.8 Å². The molecule has 2 heteroatoms. The molecule has 1 aliphatic carbocycles. The molecule has 0 radical (unpaired) electrons. The van der Waals surface area contributed by atoms with Crippen LogP contribution < -0.4 is 4.74 Å². The van der Waals surface area contributed by atoms with Crippen LogP contribution >= 0.6 is 0 Å². The van der Waals surface area contributed by atoms with Crippen LogP contribution in [-0.2, 0) is 5.60 Å². The van der Waals surface area contributed by atoms with E-state index in [0.717, 1.165) is 30.6 Å². The SMILES string of the molecule is CCOc1ccccc1C1(O)CCC(C)CC1C. The van der Waals surface area contributed by atoms with Crippen molar-refractivity contribution in [3.8, 4) is 5.75 Å². The van der Waals surface area contributed by atoms with Crippen LogP contribution in [0.4, 0.5) is 0 Å². The molecule has 1 fully saturated rings. The average Bonchev–Trinajstić information content (AvgIpc) is 2.35. The summed E-state index contributed by atoms with van der Waals surface area (Å²) in [5.41, 5.74) is 0.240. The lowest BCUT2D eigenvalue weighted by Crippen LogP contribution is -2.38. The molecule has 0 heterocycles. The number of aliphatic hydroxyl groups is 1. The second-order valence-corrected chi connectivity index (χ2v) is 5.63. The predicted molar refractivity (Wildman–Crippen MR) is 73.7 cm³/mol. The van der Waals surface area contributed by atoms with Crippen LogP contribution in [0, 0.1) is 11.8 Å². The molecule has 0 spiro atoms. The van der Waals surface area contributed by atoms with E-state index in [9.17, 15) is 5.11 Å². The summed E-state index contributed by atoms with van der Waals surface area (Å²) in [5, 5.41) is 11.1. The zero-order valence-electron chi connectivity index (χ0n) is 11.6. The summed E-state index contributed by atoms with van der Waals surface area (Å²) in [7, 11) is 0. The number of rotatable bonds is 3. The lowest BCUT2D eigenvalue weighted by Gasteiger charge is -2.41. The largest absolute Gasteiger partial charge is 0.493 e. The Bertz CT molecular complexity index is 402. The highest BCUT2D eigenvalue weighted by molar-refractivity contribution is 5.38. The molecule has 1 aliphatic rings. The van der Waals surface area contributed by atoms with Gasteiger partial charge in [-0.05, 0) is 44.1 Å². The fraction of sp³-hybridized carbons (Fsp3) is 0.625. The first-order chi connectivity index (χ1) is 8.58. The molecule has 1 aromatic rings. The smallest absolute Gasteiger partial charge is 0.125 e. The number of para-hydroxylation sites is 1. The van der Waals surface area contributed by atoms with Crippen molar-refractivity contribution in [3.63, 3.8) is 0 Å². The zero-order chi connectivity index (χ0) is 13.2. The lowest BCUT2D eigenvalue weighted by molar-refractivity contribution is -0.0604. The summed E-state index contributed by atoms with van der Waals surface area (Å²) in [4.78, 5) is 0. The van der Waals surface area contributed by atoms with E-state index >= 15 is 0 Å². The van der Waals surface area contributed by atoms with E-state index in [0.29, 0.717) is 12.5 Å². The number of ether oxygens (including phenoxy) is 1. The second-order valence-electron chi connectivity index (χ2n) is 5.63. The topological polar surface area (TPSA) is 29.5 Å². The Kier molecular flexibility index (Phi) is 3.96. The standard InChI is InChI=1S/C16H24O2/c1-4-18-15-8-6-5-7-14(15)16(17)10-9-12(2)11-13(16)3/h5-8,12-13,17H,4,9-11H2,1-3H3. The van der Waals surface area contributed by atoms with Gasteiger partial charge in [-0.3, -0.25) is 0 Å². The highest BCUT2D eigenvalue weighted by Crippen LogP contribution is 2.46.